The topological polar surface area (TPSA) is 99.1 Å². The molecule has 44 heavy (non-hydrogen) atoms. The van der Waals surface area contributed by atoms with Crippen LogP contribution in [0, 0.1) is 24.6 Å². The Morgan fingerprint density at radius 2 is 1.77 bits per heavy atom. The number of alkyl halides is 2. The van der Waals surface area contributed by atoms with Crippen LogP contribution in [0.1, 0.15) is 40.2 Å². The molecule has 0 radical (unpaired) electrons. The van der Waals surface area contributed by atoms with Gasteiger partial charge in [0.05, 0.1) is 13.0 Å². The molecule has 234 valence electrons. The summed E-state index contributed by atoms with van der Waals surface area (Å²) in [6.07, 6.45) is 3.40. The van der Waals surface area contributed by atoms with Crippen LogP contribution in [0.2, 0.25) is 0 Å². The molecule has 2 aliphatic heterocycles. The maximum atomic E-state index is 15.4. The van der Waals surface area contributed by atoms with Gasteiger partial charge < -0.3 is 29.0 Å². The van der Waals surface area contributed by atoms with E-state index in [1.165, 1.54) is 42.3 Å². The number of ether oxygens (including phenoxy) is 3. The zero-order chi connectivity index (χ0) is 31.4. The summed E-state index contributed by atoms with van der Waals surface area (Å²) in [6.45, 7) is 0.399. The number of amides is 2. The SMILES string of the molecule is COc1ccc([C@@H]2CN(c3c(C)ccn(CC4CCOCC4)c3=O)C(=O)C2CNC(=O)c2ccc(OC(F)F)cc2)c(F)c1. The van der Waals surface area contributed by atoms with Crippen molar-refractivity contribution < 1.29 is 37.0 Å². The molecule has 12 heteroatoms. The molecule has 0 spiro atoms. The van der Waals surface area contributed by atoms with E-state index >= 15 is 4.39 Å². The Balaban J connectivity index is 1.42. The predicted molar refractivity (Wildman–Crippen MR) is 156 cm³/mol. The van der Waals surface area contributed by atoms with Crippen LogP contribution in [-0.4, -0.2) is 56.4 Å². The number of pyridine rings is 1. The third-order valence-electron chi connectivity index (χ3n) is 8.29. The number of halogens is 3. The third-order valence-corrected chi connectivity index (χ3v) is 8.29. The van der Waals surface area contributed by atoms with Gasteiger partial charge >= 0.3 is 6.61 Å². The van der Waals surface area contributed by atoms with Crippen LogP contribution in [0.3, 0.4) is 0 Å². The Hall–Kier alpha value is -4.32. The molecule has 1 aromatic heterocycles. The zero-order valence-electron chi connectivity index (χ0n) is 24.4. The lowest BCUT2D eigenvalue weighted by Gasteiger charge is -2.24. The number of anilines is 1. The van der Waals surface area contributed by atoms with E-state index in [9.17, 15) is 23.2 Å². The number of aryl methyl sites for hydroxylation is 1. The van der Waals surface area contributed by atoms with Crippen molar-refractivity contribution in [3.8, 4) is 11.5 Å². The fourth-order valence-corrected chi connectivity index (χ4v) is 5.89. The Morgan fingerprint density at radius 3 is 2.43 bits per heavy atom. The van der Waals surface area contributed by atoms with Crippen LogP contribution >= 0.6 is 0 Å². The zero-order valence-corrected chi connectivity index (χ0v) is 24.4. The number of carbonyl (C=O) groups is 2. The molecule has 9 nitrogen and oxygen atoms in total. The normalized spacial score (nSPS) is 19.0. The quantitative estimate of drug-likeness (QED) is 0.362. The van der Waals surface area contributed by atoms with Crippen LogP contribution in [0.4, 0.5) is 18.9 Å². The number of aromatic nitrogens is 1. The average Bonchev–Trinajstić information content (AvgIpc) is 3.32. The lowest BCUT2D eigenvalue weighted by molar-refractivity contribution is -0.120. The molecule has 1 unspecified atom stereocenters. The molecule has 0 saturated carbocycles. The molecule has 2 amide bonds. The first-order chi connectivity index (χ1) is 21.2. The first kappa shape index (κ1) is 31.1. The molecular weight excluding hydrogens is 579 g/mol. The van der Waals surface area contributed by atoms with Crippen molar-refractivity contribution in [3.05, 3.63) is 87.6 Å². The van der Waals surface area contributed by atoms with Gasteiger partial charge in [-0.15, -0.1) is 0 Å². The predicted octanol–water partition coefficient (Wildman–Crippen LogP) is 4.51. The van der Waals surface area contributed by atoms with E-state index in [4.69, 9.17) is 9.47 Å². The second-order valence-corrected chi connectivity index (χ2v) is 11.0. The summed E-state index contributed by atoms with van der Waals surface area (Å²) in [6, 6.07) is 11.3. The smallest absolute Gasteiger partial charge is 0.387 e. The van der Waals surface area contributed by atoms with Crippen LogP contribution in [0.15, 0.2) is 59.5 Å². The van der Waals surface area contributed by atoms with E-state index in [1.54, 1.807) is 35.9 Å². The molecule has 0 bridgehead atoms. The average molecular weight is 614 g/mol. The van der Waals surface area contributed by atoms with E-state index in [0.717, 1.165) is 12.8 Å². The highest BCUT2D eigenvalue weighted by atomic mass is 19.3. The minimum atomic E-state index is -3.00. The number of benzene rings is 2. The monoisotopic (exact) mass is 613 g/mol. The first-order valence-electron chi connectivity index (χ1n) is 14.4. The second-order valence-electron chi connectivity index (χ2n) is 11.0. The number of nitrogens with one attached hydrogen (secondary N) is 1. The van der Waals surface area contributed by atoms with Crippen molar-refractivity contribution in [2.24, 2.45) is 11.8 Å². The number of carbonyl (C=O) groups excluding carboxylic acids is 2. The molecule has 0 aliphatic carbocycles. The number of rotatable bonds is 10. The van der Waals surface area contributed by atoms with Crippen LogP contribution < -0.4 is 25.2 Å². The molecule has 2 saturated heterocycles. The van der Waals surface area contributed by atoms with Gasteiger partial charge in [0.2, 0.25) is 5.91 Å². The van der Waals surface area contributed by atoms with Crippen molar-refractivity contribution in [2.45, 2.75) is 38.8 Å². The molecule has 3 heterocycles. The summed E-state index contributed by atoms with van der Waals surface area (Å²) in [5.74, 6) is -2.66. The lowest BCUT2D eigenvalue weighted by atomic mass is 9.88. The molecule has 2 fully saturated rings. The summed E-state index contributed by atoms with van der Waals surface area (Å²) in [5, 5.41) is 2.72. The van der Waals surface area contributed by atoms with Crippen LogP contribution in [0.5, 0.6) is 11.5 Å². The number of hydrogen-bond acceptors (Lipinski definition) is 6. The molecule has 2 atom stereocenters. The number of methoxy groups -OCH3 is 1. The van der Waals surface area contributed by atoms with E-state index in [1.807, 2.05) is 0 Å². The minimum absolute atomic E-state index is 0.0274. The van der Waals surface area contributed by atoms with Crippen molar-refractivity contribution >= 4 is 17.5 Å². The van der Waals surface area contributed by atoms with E-state index in [-0.39, 0.29) is 47.1 Å². The fraction of sp³-hybridized carbons (Fsp3) is 0.406. The Labute approximate surface area is 252 Å². The van der Waals surface area contributed by atoms with Gasteiger partial charge in [-0.1, -0.05) is 6.07 Å². The minimum Gasteiger partial charge on any atom is -0.497 e. The Morgan fingerprint density at radius 1 is 1.07 bits per heavy atom. The van der Waals surface area contributed by atoms with Crippen molar-refractivity contribution in [3.63, 3.8) is 0 Å². The van der Waals surface area contributed by atoms with Gasteiger partial charge in [0.15, 0.2) is 0 Å². The highest BCUT2D eigenvalue weighted by Gasteiger charge is 2.44. The Kier molecular flexibility index (Phi) is 9.58. The van der Waals surface area contributed by atoms with Gasteiger partial charge in [-0.05, 0) is 73.2 Å². The fourth-order valence-electron chi connectivity index (χ4n) is 5.89. The lowest BCUT2D eigenvalue weighted by Crippen LogP contribution is -2.38. The highest BCUT2D eigenvalue weighted by Crippen LogP contribution is 2.38. The molecule has 2 aromatic carbocycles. The van der Waals surface area contributed by atoms with Gasteiger partial charge in [-0.2, -0.15) is 8.78 Å². The van der Waals surface area contributed by atoms with Crippen molar-refractivity contribution in [1.29, 1.82) is 0 Å². The first-order valence-corrected chi connectivity index (χ1v) is 14.4. The molecule has 3 aromatic rings. The molecule has 1 N–H and O–H groups in total. The summed E-state index contributed by atoms with van der Waals surface area (Å²) in [4.78, 5) is 42.1. The maximum absolute atomic E-state index is 15.4. The van der Waals surface area contributed by atoms with Gasteiger partial charge in [-0.3, -0.25) is 14.4 Å². The third kappa shape index (κ3) is 6.75. The summed E-state index contributed by atoms with van der Waals surface area (Å²) < 4.78 is 56.9. The summed E-state index contributed by atoms with van der Waals surface area (Å²) >= 11 is 0. The van der Waals surface area contributed by atoms with E-state index in [0.29, 0.717) is 31.1 Å². The van der Waals surface area contributed by atoms with E-state index < -0.39 is 36.1 Å². The molecular formula is C32H34F3N3O6. The second kappa shape index (κ2) is 13.5. The van der Waals surface area contributed by atoms with E-state index in [2.05, 4.69) is 10.1 Å². The number of hydrogen-bond donors (Lipinski definition) is 1. The van der Waals surface area contributed by atoms with Gasteiger partial charge in [0.1, 0.15) is 23.0 Å². The van der Waals surface area contributed by atoms with Crippen LogP contribution in [0.25, 0.3) is 0 Å². The highest BCUT2D eigenvalue weighted by molar-refractivity contribution is 6.00. The number of nitrogens with zero attached hydrogens (tertiary/aromatic N) is 2. The maximum Gasteiger partial charge on any atom is 0.387 e. The molecule has 5 rings (SSSR count). The van der Waals surface area contributed by atoms with Gasteiger partial charge in [0.25, 0.3) is 11.5 Å². The van der Waals surface area contributed by atoms with Crippen molar-refractivity contribution in [2.75, 3.05) is 38.3 Å². The largest absolute Gasteiger partial charge is 0.497 e. The standard InChI is InChI=1S/C32H34F3N3O6/c1-19-9-12-37(17-20-10-13-43-14-11-20)31(41)28(19)38-18-26(24-8-7-23(42-2)15-27(24)33)25(30(38)40)16-36-29(39)21-3-5-22(6-4-21)44-32(34)35/h3-9,12,15,20,25-26,32H,10-11,13-14,16-18H2,1-2H3,(H,36,39)/t25?,26-/m0/s1. The van der Waals surface area contributed by atoms with Crippen molar-refractivity contribution in [1.82, 2.24) is 9.88 Å². The van der Waals surface area contributed by atoms with Gasteiger partial charge in [-0.25, -0.2) is 4.39 Å². The Bertz CT molecular complexity index is 1560. The summed E-state index contributed by atoms with van der Waals surface area (Å²) in [7, 11) is 1.42. The summed E-state index contributed by atoms with van der Waals surface area (Å²) in [5.41, 5.74) is 0.944. The molecule has 2 aliphatic rings. The van der Waals surface area contributed by atoms with Gasteiger partial charge in [0, 0.05) is 56.6 Å². The van der Waals surface area contributed by atoms with Crippen LogP contribution in [-0.2, 0) is 16.1 Å².